The third-order valence-corrected chi connectivity index (χ3v) is 4.59. The van der Waals surface area contributed by atoms with Crippen molar-refractivity contribution < 1.29 is 4.79 Å². The molecule has 4 aromatic rings. The predicted octanol–water partition coefficient (Wildman–Crippen LogP) is 3.35. The van der Waals surface area contributed by atoms with Gasteiger partial charge < -0.3 is 9.88 Å². The van der Waals surface area contributed by atoms with Gasteiger partial charge in [-0.05, 0) is 23.3 Å². The van der Waals surface area contributed by atoms with E-state index in [0.717, 1.165) is 22.0 Å². The zero-order valence-electron chi connectivity index (χ0n) is 14.6. The van der Waals surface area contributed by atoms with E-state index in [1.54, 1.807) is 6.20 Å². The highest BCUT2D eigenvalue weighted by Gasteiger charge is 2.13. The summed E-state index contributed by atoms with van der Waals surface area (Å²) >= 11 is 0. The number of carbonyl (C=O) groups is 1. The van der Waals surface area contributed by atoms with E-state index in [9.17, 15) is 4.79 Å². The fourth-order valence-electron chi connectivity index (χ4n) is 3.25. The first-order valence-corrected chi connectivity index (χ1v) is 8.59. The van der Waals surface area contributed by atoms with E-state index in [1.165, 1.54) is 0 Å². The number of carbonyl (C=O) groups excluding carboxylic acids is 1. The van der Waals surface area contributed by atoms with Gasteiger partial charge in [0.1, 0.15) is 0 Å². The second-order valence-electron chi connectivity index (χ2n) is 6.33. The van der Waals surface area contributed by atoms with Crippen LogP contribution < -0.4 is 5.32 Å². The third-order valence-electron chi connectivity index (χ3n) is 4.59. The van der Waals surface area contributed by atoms with Gasteiger partial charge >= 0.3 is 0 Å². The Morgan fingerprint density at radius 2 is 1.81 bits per heavy atom. The minimum absolute atomic E-state index is 0.0595. The number of nitrogens with zero attached hydrogens (tertiary/aromatic N) is 3. The normalized spacial score (nSPS) is 11.0. The number of nitrogens with one attached hydrogen (secondary N) is 1. The Bertz CT molecular complexity index is 1050. The molecule has 0 unspecified atom stereocenters. The molecule has 2 aromatic heterocycles. The number of fused-ring (bicyclic) bond motifs is 1. The summed E-state index contributed by atoms with van der Waals surface area (Å²) in [5.74, 6) is -0.0595. The molecular weight excluding hydrogens is 324 g/mol. The molecule has 130 valence electrons. The van der Waals surface area contributed by atoms with Crippen molar-refractivity contribution in [2.45, 2.75) is 13.1 Å². The molecule has 2 aromatic carbocycles. The molecule has 1 amide bonds. The van der Waals surface area contributed by atoms with Crippen LogP contribution in [0.3, 0.4) is 0 Å². The number of aryl methyl sites for hydroxylation is 1. The van der Waals surface area contributed by atoms with Crippen molar-refractivity contribution in [1.29, 1.82) is 0 Å². The van der Waals surface area contributed by atoms with Crippen LogP contribution >= 0.6 is 0 Å². The van der Waals surface area contributed by atoms with Gasteiger partial charge in [0, 0.05) is 43.1 Å². The molecule has 4 rings (SSSR count). The number of rotatable bonds is 5. The molecule has 0 saturated carbocycles. The van der Waals surface area contributed by atoms with Crippen LogP contribution in [-0.2, 0) is 20.1 Å². The van der Waals surface area contributed by atoms with Gasteiger partial charge in [-0.3, -0.25) is 9.48 Å². The van der Waals surface area contributed by atoms with Crippen LogP contribution in [0.1, 0.15) is 21.5 Å². The Kier molecular flexibility index (Phi) is 4.27. The monoisotopic (exact) mass is 344 g/mol. The van der Waals surface area contributed by atoms with E-state index >= 15 is 0 Å². The molecular formula is C21H20N4O. The van der Waals surface area contributed by atoms with Crippen molar-refractivity contribution in [2.24, 2.45) is 7.05 Å². The van der Waals surface area contributed by atoms with Crippen LogP contribution in [0.5, 0.6) is 0 Å². The van der Waals surface area contributed by atoms with Gasteiger partial charge in [0.25, 0.3) is 5.91 Å². The van der Waals surface area contributed by atoms with Crippen LogP contribution in [0.4, 0.5) is 0 Å². The van der Waals surface area contributed by atoms with Crippen molar-refractivity contribution >= 4 is 16.8 Å². The first kappa shape index (κ1) is 16.1. The summed E-state index contributed by atoms with van der Waals surface area (Å²) in [5, 5.41) is 8.29. The largest absolute Gasteiger partial charge is 0.350 e. The van der Waals surface area contributed by atoms with Crippen LogP contribution in [0.15, 0.2) is 73.2 Å². The Labute approximate surface area is 151 Å². The summed E-state index contributed by atoms with van der Waals surface area (Å²) in [6, 6.07) is 18.0. The standard InChI is InChI=1S/C21H20N4O/c1-24-15-19(18-9-4-5-10-20(18)24)21(26)22-13-16-7-2-3-8-17(16)14-25-12-6-11-23-25/h2-12,15H,13-14H2,1H3,(H,22,26). The maximum atomic E-state index is 12.7. The maximum absolute atomic E-state index is 12.7. The highest BCUT2D eigenvalue weighted by atomic mass is 16.1. The number of hydrogen-bond donors (Lipinski definition) is 1. The molecule has 5 nitrogen and oxygen atoms in total. The second-order valence-corrected chi connectivity index (χ2v) is 6.33. The zero-order chi connectivity index (χ0) is 17.9. The molecule has 0 saturated heterocycles. The van der Waals surface area contributed by atoms with Crippen LogP contribution in [0, 0.1) is 0 Å². The van der Waals surface area contributed by atoms with Crippen molar-refractivity contribution in [3.05, 3.63) is 89.9 Å². The van der Waals surface area contributed by atoms with Gasteiger partial charge in [0.05, 0.1) is 12.1 Å². The highest BCUT2D eigenvalue weighted by Crippen LogP contribution is 2.20. The summed E-state index contributed by atoms with van der Waals surface area (Å²) in [6.45, 7) is 1.17. The summed E-state index contributed by atoms with van der Waals surface area (Å²) in [7, 11) is 1.96. The summed E-state index contributed by atoms with van der Waals surface area (Å²) in [6.07, 6.45) is 5.59. The van der Waals surface area contributed by atoms with E-state index < -0.39 is 0 Å². The number of amides is 1. The number of aromatic nitrogens is 3. The average Bonchev–Trinajstić information content (AvgIpc) is 3.29. The maximum Gasteiger partial charge on any atom is 0.253 e. The number of para-hydroxylation sites is 1. The van der Waals surface area contributed by atoms with E-state index in [4.69, 9.17) is 0 Å². The molecule has 2 heterocycles. The molecule has 0 spiro atoms. The lowest BCUT2D eigenvalue weighted by molar-refractivity contribution is 0.0952. The Morgan fingerprint density at radius 1 is 1.04 bits per heavy atom. The Balaban J connectivity index is 1.53. The Morgan fingerprint density at radius 3 is 2.62 bits per heavy atom. The summed E-state index contributed by atoms with van der Waals surface area (Å²) in [4.78, 5) is 12.7. The van der Waals surface area contributed by atoms with Crippen LogP contribution in [-0.4, -0.2) is 20.3 Å². The van der Waals surface area contributed by atoms with Gasteiger partial charge in [-0.25, -0.2) is 0 Å². The molecule has 0 aliphatic heterocycles. The minimum Gasteiger partial charge on any atom is -0.350 e. The lowest BCUT2D eigenvalue weighted by Crippen LogP contribution is -2.23. The van der Waals surface area contributed by atoms with E-state index in [1.807, 2.05) is 77.2 Å². The molecule has 0 fully saturated rings. The van der Waals surface area contributed by atoms with E-state index in [2.05, 4.69) is 16.5 Å². The zero-order valence-corrected chi connectivity index (χ0v) is 14.6. The Hall–Kier alpha value is -3.34. The molecule has 0 radical (unpaired) electrons. The molecule has 1 N–H and O–H groups in total. The molecule has 5 heteroatoms. The van der Waals surface area contributed by atoms with Crippen molar-refractivity contribution in [1.82, 2.24) is 19.7 Å². The lowest BCUT2D eigenvalue weighted by Gasteiger charge is -2.11. The molecule has 0 bridgehead atoms. The van der Waals surface area contributed by atoms with Crippen molar-refractivity contribution in [3.63, 3.8) is 0 Å². The number of hydrogen-bond acceptors (Lipinski definition) is 2. The summed E-state index contributed by atoms with van der Waals surface area (Å²) in [5.41, 5.74) is 4.00. The molecule has 0 aliphatic carbocycles. The second kappa shape index (κ2) is 6.88. The fourth-order valence-corrected chi connectivity index (χ4v) is 3.25. The smallest absolute Gasteiger partial charge is 0.253 e. The predicted molar refractivity (Wildman–Crippen MR) is 102 cm³/mol. The molecule has 26 heavy (non-hydrogen) atoms. The topological polar surface area (TPSA) is 51.9 Å². The van der Waals surface area contributed by atoms with Crippen LogP contribution in [0.25, 0.3) is 10.9 Å². The summed E-state index contributed by atoms with van der Waals surface area (Å²) < 4.78 is 3.86. The van der Waals surface area contributed by atoms with Gasteiger partial charge in [0.15, 0.2) is 0 Å². The first-order chi connectivity index (χ1) is 12.7. The lowest BCUT2D eigenvalue weighted by atomic mass is 10.1. The number of benzene rings is 2. The van der Waals surface area contributed by atoms with Crippen LogP contribution in [0.2, 0.25) is 0 Å². The fraction of sp³-hybridized carbons (Fsp3) is 0.143. The SMILES string of the molecule is Cn1cc(C(=O)NCc2ccccc2Cn2cccn2)c2ccccc21. The molecule has 0 aliphatic rings. The quantitative estimate of drug-likeness (QED) is 0.604. The van der Waals surface area contributed by atoms with Crippen molar-refractivity contribution in [3.8, 4) is 0 Å². The third kappa shape index (κ3) is 3.11. The average molecular weight is 344 g/mol. The van der Waals surface area contributed by atoms with E-state index in [-0.39, 0.29) is 5.91 Å². The van der Waals surface area contributed by atoms with Gasteiger partial charge in [-0.2, -0.15) is 5.10 Å². The molecule has 0 atom stereocenters. The minimum atomic E-state index is -0.0595. The van der Waals surface area contributed by atoms with E-state index in [0.29, 0.717) is 18.7 Å². The highest BCUT2D eigenvalue weighted by molar-refractivity contribution is 6.06. The first-order valence-electron chi connectivity index (χ1n) is 8.59. The van der Waals surface area contributed by atoms with Gasteiger partial charge in [0.2, 0.25) is 0 Å². The van der Waals surface area contributed by atoms with Crippen molar-refractivity contribution in [2.75, 3.05) is 0 Å². The van der Waals surface area contributed by atoms with Gasteiger partial charge in [-0.15, -0.1) is 0 Å². The van der Waals surface area contributed by atoms with Gasteiger partial charge in [-0.1, -0.05) is 42.5 Å².